The fraction of sp³-hybridized carbons (Fsp3) is 0.773. The van der Waals surface area contributed by atoms with Gasteiger partial charge in [-0.25, -0.2) is 0 Å². The van der Waals surface area contributed by atoms with Crippen LogP contribution in [0.15, 0.2) is 23.3 Å². The Labute approximate surface area is 163 Å². The minimum Gasteiger partial charge on any atom is -0.469 e. The normalized spacial score (nSPS) is 40.1. The van der Waals surface area contributed by atoms with Crippen LogP contribution in [0.5, 0.6) is 0 Å². The van der Waals surface area contributed by atoms with Crippen molar-refractivity contribution in [3.63, 3.8) is 0 Å². The molecule has 0 radical (unpaired) electrons. The van der Waals surface area contributed by atoms with Crippen LogP contribution in [0.25, 0.3) is 0 Å². The summed E-state index contributed by atoms with van der Waals surface area (Å²) in [6.45, 7) is 9.06. The molecule has 5 nitrogen and oxygen atoms in total. The minimum absolute atomic E-state index is 0.00696. The second-order valence-corrected chi connectivity index (χ2v) is 8.98. The summed E-state index contributed by atoms with van der Waals surface area (Å²) in [4.78, 5) is 12.4. The average Bonchev–Trinajstić information content (AvgIpc) is 3.09. The molecule has 0 bridgehead atoms. The first-order valence-corrected chi connectivity index (χ1v) is 9.96. The molecule has 0 aromatic rings. The topological polar surface area (TPSA) is 54.0 Å². The average molecular weight is 379 g/mol. The van der Waals surface area contributed by atoms with Crippen molar-refractivity contribution in [1.82, 2.24) is 0 Å². The van der Waals surface area contributed by atoms with Crippen molar-refractivity contribution < 1.29 is 23.7 Å². The highest BCUT2D eigenvalue weighted by Crippen LogP contribution is 2.61. The monoisotopic (exact) mass is 378 g/mol. The molecule has 152 valence electrons. The summed E-state index contributed by atoms with van der Waals surface area (Å²) in [6.07, 6.45) is 8.37. The lowest BCUT2D eigenvalue weighted by atomic mass is 9.57. The van der Waals surface area contributed by atoms with Crippen LogP contribution in [0.1, 0.15) is 59.8 Å². The number of rotatable bonds is 6. The van der Waals surface area contributed by atoms with E-state index >= 15 is 0 Å². The Kier molecular flexibility index (Phi) is 5.59. The van der Waals surface area contributed by atoms with Crippen LogP contribution in [0, 0.1) is 11.3 Å². The van der Waals surface area contributed by atoms with Crippen molar-refractivity contribution in [2.24, 2.45) is 11.3 Å². The molecule has 1 aliphatic carbocycles. The number of allylic oxidation sites excluding steroid dienone is 3. The molecule has 2 aliphatic heterocycles. The first-order chi connectivity index (χ1) is 12.7. The van der Waals surface area contributed by atoms with E-state index in [0.717, 1.165) is 19.3 Å². The Balaban J connectivity index is 2.00. The molecular formula is C22H34O5. The van der Waals surface area contributed by atoms with E-state index < -0.39 is 11.4 Å². The van der Waals surface area contributed by atoms with Crippen molar-refractivity contribution in [3.8, 4) is 0 Å². The smallest absolute Gasteiger partial charge is 0.305 e. The predicted octanol–water partition coefficient (Wildman–Crippen LogP) is 4.17. The van der Waals surface area contributed by atoms with Crippen LogP contribution < -0.4 is 0 Å². The number of methoxy groups -OCH3 is 2. The van der Waals surface area contributed by atoms with Crippen LogP contribution >= 0.6 is 0 Å². The lowest BCUT2D eigenvalue weighted by Gasteiger charge is -2.50. The van der Waals surface area contributed by atoms with Gasteiger partial charge in [0, 0.05) is 19.4 Å². The number of esters is 1. The Hall–Kier alpha value is -1.17. The first kappa shape index (κ1) is 20.6. The molecule has 2 saturated heterocycles. The Morgan fingerprint density at radius 2 is 2.07 bits per heavy atom. The zero-order chi connectivity index (χ0) is 19.9. The molecule has 3 aliphatic rings. The number of ether oxygens (including phenoxy) is 4. The third kappa shape index (κ3) is 3.50. The lowest BCUT2D eigenvalue weighted by molar-refractivity contribution is -0.242. The van der Waals surface area contributed by atoms with Gasteiger partial charge in [-0.05, 0) is 51.0 Å². The molecule has 1 spiro atoms. The van der Waals surface area contributed by atoms with Gasteiger partial charge in [-0.15, -0.1) is 0 Å². The van der Waals surface area contributed by atoms with Gasteiger partial charge in [0.15, 0.2) is 5.79 Å². The highest BCUT2D eigenvalue weighted by molar-refractivity contribution is 5.70. The van der Waals surface area contributed by atoms with Gasteiger partial charge in [-0.3, -0.25) is 4.79 Å². The van der Waals surface area contributed by atoms with E-state index in [-0.39, 0.29) is 23.4 Å². The van der Waals surface area contributed by atoms with E-state index in [1.165, 1.54) is 18.3 Å². The second kappa shape index (κ2) is 7.34. The highest BCUT2D eigenvalue weighted by Gasteiger charge is 2.67. The maximum absolute atomic E-state index is 12.4. The zero-order valence-electron chi connectivity index (χ0n) is 17.6. The molecule has 2 heterocycles. The molecule has 5 atom stereocenters. The summed E-state index contributed by atoms with van der Waals surface area (Å²) in [5, 5.41) is 0. The highest BCUT2D eigenvalue weighted by atomic mass is 16.7. The standard InChI is InChI=1S/C22H34O5/c1-15(2)8-7-10-20(3)11-9-16-14-26-18-13-21(4,25-6)27-22(16,18)17(20)12-19(23)24-5/h8-9,17-18H,7,10-14H2,1-6H3/t17-,18+,20+,21+,22+/m1/s1. The molecule has 0 unspecified atom stereocenters. The summed E-state index contributed by atoms with van der Waals surface area (Å²) in [5.41, 5.74) is 1.81. The van der Waals surface area contributed by atoms with E-state index in [2.05, 4.69) is 32.9 Å². The van der Waals surface area contributed by atoms with Crippen LogP contribution in [-0.4, -0.2) is 44.3 Å². The van der Waals surface area contributed by atoms with Crippen LogP contribution in [0.4, 0.5) is 0 Å². The van der Waals surface area contributed by atoms with Crippen LogP contribution in [0.3, 0.4) is 0 Å². The van der Waals surface area contributed by atoms with Gasteiger partial charge in [0.25, 0.3) is 0 Å². The Morgan fingerprint density at radius 3 is 2.70 bits per heavy atom. The number of hydrogen-bond acceptors (Lipinski definition) is 5. The van der Waals surface area contributed by atoms with Crippen molar-refractivity contribution in [3.05, 3.63) is 23.3 Å². The van der Waals surface area contributed by atoms with Crippen molar-refractivity contribution in [2.75, 3.05) is 20.8 Å². The third-order valence-electron chi connectivity index (χ3n) is 6.83. The van der Waals surface area contributed by atoms with Crippen LogP contribution in [0.2, 0.25) is 0 Å². The quantitative estimate of drug-likeness (QED) is 0.513. The molecule has 3 rings (SSSR count). The molecule has 0 aromatic heterocycles. The maximum Gasteiger partial charge on any atom is 0.305 e. The van der Waals surface area contributed by atoms with Crippen LogP contribution in [-0.2, 0) is 23.7 Å². The van der Waals surface area contributed by atoms with E-state index in [0.29, 0.717) is 19.4 Å². The number of carbonyl (C=O) groups is 1. The van der Waals surface area contributed by atoms with E-state index in [1.807, 2.05) is 6.92 Å². The van der Waals surface area contributed by atoms with Gasteiger partial charge in [0.2, 0.25) is 0 Å². The van der Waals surface area contributed by atoms with Gasteiger partial charge in [-0.1, -0.05) is 24.6 Å². The largest absolute Gasteiger partial charge is 0.469 e. The van der Waals surface area contributed by atoms with Crippen molar-refractivity contribution in [1.29, 1.82) is 0 Å². The predicted molar refractivity (Wildman–Crippen MR) is 103 cm³/mol. The SMILES string of the molecule is COC(=O)C[C@@H]1[C@@](C)(CCC=C(C)C)CC=C2CO[C@H]3C[C@@](C)(OC)O[C@]231. The Morgan fingerprint density at radius 1 is 1.33 bits per heavy atom. The fourth-order valence-electron chi connectivity index (χ4n) is 5.21. The van der Waals surface area contributed by atoms with E-state index in [1.54, 1.807) is 7.11 Å². The lowest BCUT2D eigenvalue weighted by Crippen LogP contribution is -2.55. The summed E-state index contributed by atoms with van der Waals surface area (Å²) in [6, 6.07) is 0. The van der Waals surface area contributed by atoms with Gasteiger partial charge in [0.1, 0.15) is 5.60 Å². The number of hydrogen-bond donors (Lipinski definition) is 0. The summed E-state index contributed by atoms with van der Waals surface area (Å²) in [7, 11) is 3.13. The molecule has 0 aromatic carbocycles. The van der Waals surface area contributed by atoms with Gasteiger partial charge >= 0.3 is 5.97 Å². The zero-order valence-corrected chi connectivity index (χ0v) is 17.6. The van der Waals surface area contributed by atoms with Gasteiger partial charge < -0.3 is 18.9 Å². The summed E-state index contributed by atoms with van der Waals surface area (Å²) < 4.78 is 23.6. The van der Waals surface area contributed by atoms with Gasteiger partial charge in [-0.2, -0.15) is 0 Å². The first-order valence-electron chi connectivity index (χ1n) is 9.96. The molecule has 0 saturated carbocycles. The number of carbonyl (C=O) groups excluding carboxylic acids is 1. The van der Waals surface area contributed by atoms with Crippen molar-refractivity contribution in [2.45, 2.75) is 77.3 Å². The fourth-order valence-corrected chi connectivity index (χ4v) is 5.21. The molecule has 27 heavy (non-hydrogen) atoms. The van der Waals surface area contributed by atoms with E-state index in [4.69, 9.17) is 18.9 Å². The molecule has 2 fully saturated rings. The van der Waals surface area contributed by atoms with E-state index in [9.17, 15) is 4.79 Å². The Bertz CT molecular complexity index is 649. The summed E-state index contributed by atoms with van der Waals surface area (Å²) in [5.74, 6) is -0.895. The minimum atomic E-state index is -0.698. The third-order valence-corrected chi connectivity index (χ3v) is 6.83. The second-order valence-electron chi connectivity index (χ2n) is 8.98. The summed E-state index contributed by atoms with van der Waals surface area (Å²) >= 11 is 0. The van der Waals surface area contributed by atoms with Crippen molar-refractivity contribution >= 4 is 5.97 Å². The molecule has 0 amide bonds. The van der Waals surface area contributed by atoms with Gasteiger partial charge in [0.05, 0.1) is 26.2 Å². The maximum atomic E-state index is 12.4. The molecule has 0 N–H and O–H groups in total. The molecule has 5 heteroatoms. The molecular weight excluding hydrogens is 344 g/mol.